The standard InChI is InChI=1S/C22H19ClN4O5/c1-12-18-15(24-26-21(29)17-10-5-11-31-17)8-4-9-16(18)32-19(12)22(30)27-25-20(28)13-6-2-3-7-14(13)23/h2-3,5-7,10-11H,4,8-9H2,1H3,(H,25,28)(H,26,29)(H,27,30)/b24-15+. The van der Waals surface area contributed by atoms with E-state index in [1.54, 1.807) is 37.3 Å². The Bertz CT molecular complexity index is 1210. The molecule has 10 heteroatoms. The summed E-state index contributed by atoms with van der Waals surface area (Å²) in [4.78, 5) is 37.0. The number of aryl methyl sites for hydroxylation is 1. The molecule has 9 nitrogen and oxygen atoms in total. The van der Waals surface area contributed by atoms with Crippen molar-refractivity contribution >= 4 is 35.0 Å². The Labute approximate surface area is 187 Å². The third kappa shape index (κ3) is 4.28. The zero-order valence-electron chi connectivity index (χ0n) is 17.0. The average Bonchev–Trinajstić information content (AvgIpc) is 3.45. The van der Waals surface area contributed by atoms with Crippen LogP contribution in [0.2, 0.25) is 5.02 Å². The number of amides is 3. The summed E-state index contributed by atoms with van der Waals surface area (Å²) in [6, 6.07) is 9.62. The second-order valence-corrected chi connectivity index (χ2v) is 7.48. The summed E-state index contributed by atoms with van der Waals surface area (Å²) in [5, 5.41) is 4.48. The third-order valence-corrected chi connectivity index (χ3v) is 5.31. The van der Waals surface area contributed by atoms with Crippen LogP contribution in [0.5, 0.6) is 0 Å². The van der Waals surface area contributed by atoms with Gasteiger partial charge in [0.05, 0.1) is 22.6 Å². The van der Waals surface area contributed by atoms with Crippen LogP contribution in [0.4, 0.5) is 0 Å². The number of hydrogen-bond acceptors (Lipinski definition) is 6. The van der Waals surface area contributed by atoms with E-state index >= 15 is 0 Å². The summed E-state index contributed by atoms with van der Waals surface area (Å²) < 4.78 is 10.8. The monoisotopic (exact) mass is 454 g/mol. The number of nitrogens with zero attached hydrogens (tertiary/aromatic N) is 1. The van der Waals surface area contributed by atoms with Crippen LogP contribution in [0.3, 0.4) is 0 Å². The van der Waals surface area contributed by atoms with E-state index in [2.05, 4.69) is 21.4 Å². The van der Waals surface area contributed by atoms with Gasteiger partial charge in [-0.1, -0.05) is 23.7 Å². The van der Waals surface area contributed by atoms with E-state index in [1.807, 2.05) is 0 Å². The molecule has 0 unspecified atom stereocenters. The maximum Gasteiger partial charge on any atom is 0.307 e. The highest BCUT2D eigenvalue weighted by atomic mass is 35.5. The predicted molar refractivity (Wildman–Crippen MR) is 115 cm³/mol. The lowest BCUT2D eigenvalue weighted by Gasteiger charge is -2.13. The number of carbonyl (C=O) groups excluding carboxylic acids is 3. The van der Waals surface area contributed by atoms with Crippen LogP contribution in [-0.2, 0) is 6.42 Å². The first-order valence-corrected chi connectivity index (χ1v) is 10.2. The van der Waals surface area contributed by atoms with E-state index in [1.165, 1.54) is 12.3 Å². The Morgan fingerprint density at radius 2 is 1.78 bits per heavy atom. The molecule has 3 N–H and O–H groups in total. The lowest BCUT2D eigenvalue weighted by Crippen LogP contribution is -2.41. The van der Waals surface area contributed by atoms with Crippen molar-refractivity contribution in [3.8, 4) is 0 Å². The van der Waals surface area contributed by atoms with Gasteiger partial charge >= 0.3 is 11.8 Å². The zero-order valence-corrected chi connectivity index (χ0v) is 17.8. The van der Waals surface area contributed by atoms with Crippen molar-refractivity contribution in [2.24, 2.45) is 5.10 Å². The summed E-state index contributed by atoms with van der Waals surface area (Å²) >= 11 is 6.00. The van der Waals surface area contributed by atoms with Gasteiger partial charge in [0.2, 0.25) is 0 Å². The highest BCUT2D eigenvalue weighted by Gasteiger charge is 2.28. The molecule has 2 aromatic heterocycles. The van der Waals surface area contributed by atoms with Crippen molar-refractivity contribution in [3.05, 3.63) is 81.7 Å². The van der Waals surface area contributed by atoms with Crippen LogP contribution in [0.1, 0.15) is 61.2 Å². The van der Waals surface area contributed by atoms with Gasteiger partial charge in [0.25, 0.3) is 5.91 Å². The van der Waals surface area contributed by atoms with Crippen molar-refractivity contribution < 1.29 is 23.2 Å². The van der Waals surface area contributed by atoms with E-state index in [4.69, 9.17) is 20.4 Å². The molecular weight excluding hydrogens is 436 g/mol. The highest BCUT2D eigenvalue weighted by molar-refractivity contribution is 6.33. The van der Waals surface area contributed by atoms with Gasteiger partial charge in [-0.25, -0.2) is 5.43 Å². The van der Waals surface area contributed by atoms with Gasteiger partial charge in [-0.2, -0.15) is 5.10 Å². The molecular formula is C22H19ClN4O5. The van der Waals surface area contributed by atoms with Crippen LogP contribution in [0.25, 0.3) is 0 Å². The molecule has 32 heavy (non-hydrogen) atoms. The molecule has 3 amide bonds. The minimum absolute atomic E-state index is 0.0569. The van der Waals surface area contributed by atoms with Gasteiger partial charge in [0.15, 0.2) is 11.5 Å². The summed E-state index contributed by atoms with van der Waals surface area (Å²) in [6.07, 6.45) is 3.38. The van der Waals surface area contributed by atoms with Crippen LogP contribution in [0.15, 0.2) is 56.6 Å². The number of hydrazone groups is 1. The molecule has 3 aromatic rings. The van der Waals surface area contributed by atoms with Crippen LogP contribution >= 0.6 is 11.6 Å². The lowest BCUT2D eigenvalue weighted by atomic mass is 9.93. The number of carbonyl (C=O) groups is 3. The number of hydrazine groups is 1. The minimum Gasteiger partial charge on any atom is -0.459 e. The fraction of sp³-hybridized carbons (Fsp3) is 0.182. The Morgan fingerprint density at radius 3 is 2.53 bits per heavy atom. The van der Waals surface area contributed by atoms with Crippen LogP contribution in [-0.4, -0.2) is 23.4 Å². The molecule has 0 saturated carbocycles. The molecule has 1 aliphatic carbocycles. The quantitative estimate of drug-likeness (QED) is 0.521. The number of benzene rings is 1. The molecule has 0 radical (unpaired) electrons. The fourth-order valence-electron chi connectivity index (χ4n) is 3.46. The lowest BCUT2D eigenvalue weighted by molar-refractivity contribution is 0.0829. The highest BCUT2D eigenvalue weighted by Crippen LogP contribution is 2.29. The molecule has 0 spiro atoms. The first kappa shape index (κ1) is 21.4. The molecule has 164 valence electrons. The predicted octanol–water partition coefficient (Wildman–Crippen LogP) is 3.38. The molecule has 0 aliphatic heterocycles. The average molecular weight is 455 g/mol. The van der Waals surface area contributed by atoms with Crippen molar-refractivity contribution in [1.29, 1.82) is 0 Å². The minimum atomic E-state index is -0.615. The molecule has 1 aliphatic rings. The Balaban J connectivity index is 1.49. The Morgan fingerprint density at radius 1 is 1.00 bits per heavy atom. The van der Waals surface area contributed by atoms with E-state index < -0.39 is 17.7 Å². The Hall–Kier alpha value is -3.85. The second kappa shape index (κ2) is 9.11. The fourth-order valence-corrected chi connectivity index (χ4v) is 3.68. The zero-order chi connectivity index (χ0) is 22.7. The van der Waals surface area contributed by atoms with Gasteiger partial charge in [0, 0.05) is 17.5 Å². The first-order valence-electron chi connectivity index (χ1n) is 9.84. The topological polar surface area (TPSA) is 126 Å². The number of rotatable bonds is 4. The molecule has 0 bridgehead atoms. The number of furan rings is 2. The molecule has 4 rings (SSSR count). The summed E-state index contributed by atoms with van der Waals surface area (Å²) in [5.74, 6) is -0.847. The van der Waals surface area contributed by atoms with Gasteiger partial charge < -0.3 is 8.83 Å². The van der Waals surface area contributed by atoms with E-state index in [0.29, 0.717) is 35.4 Å². The Kier molecular flexibility index (Phi) is 6.09. The van der Waals surface area contributed by atoms with Gasteiger partial charge in [0.1, 0.15) is 5.76 Å². The first-order chi connectivity index (χ1) is 15.5. The smallest absolute Gasteiger partial charge is 0.307 e. The maximum absolute atomic E-state index is 12.7. The van der Waals surface area contributed by atoms with Crippen molar-refractivity contribution in [2.75, 3.05) is 0 Å². The summed E-state index contributed by atoms with van der Waals surface area (Å²) in [5.41, 5.74) is 9.22. The number of fused-ring (bicyclic) bond motifs is 1. The van der Waals surface area contributed by atoms with E-state index in [0.717, 1.165) is 6.42 Å². The van der Waals surface area contributed by atoms with Crippen molar-refractivity contribution in [2.45, 2.75) is 26.2 Å². The summed E-state index contributed by atoms with van der Waals surface area (Å²) in [6.45, 7) is 1.72. The maximum atomic E-state index is 12.7. The van der Waals surface area contributed by atoms with Crippen molar-refractivity contribution in [3.63, 3.8) is 0 Å². The van der Waals surface area contributed by atoms with Gasteiger partial charge in [-0.3, -0.25) is 25.2 Å². The third-order valence-electron chi connectivity index (χ3n) is 4.98. The molecule has 2 heterocycles. The SMILES string of the molecule is Cc1c(C(=O)NNC(=O)c2ccccc2Cl)oc2c1/C(=N/NC(=O)c1ccco1)CCC2. The van der Waals surface area contributed by atoms with E-state index in [-0.39, 0.29) is 22.1 Å². The molecule has 1 aromatic carbocycles. The number of halogens is 1. The molecule has 0 atom stereocenters. The molecule has 0 fully saturated rings. The normalized spacial score (nSPS) is 14.0. The van der Waals surface area contributed by atoms with Crippen LogP contribution in [0, 0.1) is 6.92 Å². The van der Waals surface area contributed by atoms with E-state index in [9.17, 15) is 14.4 Å². The summed E-state index contributed by atoms with van der Waals surface area (Å²) in [7, 11) is 0. The van der Waals surface area contributed by atoms with Crippen molar-refractivity contribution in [1.82, 2.24) is 16.3 Å². The molecule has 0 saturated heterocycles. The number of hydrogen-bond donors (Lipinski definition) is 3. The number of nitrogens with one attached hydrogen (secondary N) is 3. The van der Waals surface area contributed by atoms with Gasteiger partial charge in [-0.15, -0.1) is 0 Å². The van der Waals surface area contributed by atoms with Gasteiger partial charge in [-0.05, 0) is 44.0 Å². The van der Waals surface area contributed by atoms with Crippen LogP contribution < -0.4 is 16.3 Å². The largest absolute Gasteiger partial charge is 0.459 e. The second-order valence-electron chi connectivity index (χ2n) is 7.07.